The first-order valence-corrected chi connectivity index (χ1v) is 13.5. The molecular weight excluding hydrogens is 515 g/mol. The number of aromatic amines is 1. The van der Waals surface area contributed by atoms with E-state index in [1.54, 1.807) is 0 Å². The Morgan fingerprint density at radius 3 is 2.40 bits per heavy atom. The monoisotopic (exact) mass is 545 g/mol. The van der Waals surface area contributed by atoms with E-state index in [0.717, 1.165) is 69.8 Å². The van der Waals surface area contributed by atoms with Crippen molar-refractivity contribution in [1.82, 2.24) is 19.7 Å². The molecule has 1 aliphatic rings. The number of para-hydroxylation sites is 1. The maximum atomic E-state index is 13.2. The minimum atomic E-state index is -4.43. The molecule has 0 saturated heterocycles. The van der Waals surface area contributed by atoms with Gasteiger partial charge in [0.1, 0.15) is 5.82 Å². The van der Waals surface area contributed by atoms with E-state index in [4.69, 9.17) is 5.10 Å². The molecule has 9 heteroatoms. The van der Waals surface area contributed by atoms with E-state index in [0.29, 0.717) is 25.3 Å². The lowest BCUT2D eigenvalue weighted by Gasteiger charge is -2.28. The number of anilines is 1. The van der Waals surface area contributed by atoms with Gasteiger partial charge in [-0.15, -0.1) is 0 Å². The van der Waals surface area contributed by atoms with E-state index in [-0.39, 0.29) is 6.61 Å². The Bertz CT molecular complexity index is 1660. The molecule has 6 rings (SSSR count). The number of aryl methyl sites for hydroxylation is 2. The summed E-state index contributed by atoms with van der Waals surface area (Å²) in [4.78, 5) is 9.46. The Morgan fingerprint density at radius 1 is 0.975 bits per heavy atom. The van der Waals surface area contributed by atoms with Crippen LogP contribution in [0.3, 0.4) is 0 Å². The Hall–Kier alpha value is -4.11. The zero-order chi connectivity index (χ0) is 28.0. The first-order chi connectivity index (χ1) is 19.3. The summed E-state index contributed by atoms with van der Waals surface area (Å²) < 4.78 is 41.6. The fourth-order valence-electron chi connectivity index (χ4n) is 5.79. The van der Waals surface area contributed by atoms with Crippen LogP contribution >= 0.6 is 0 Å². The molecule has 2 N–H and O–H groups in total. The molecule has 206 valence electrons. The summed E-state index contributed by atoms with van der Waals surface area (Å²) in [5.74, 6) is 0.503. The van der Waals surface area contributed by atoms with Gasteiger partial charge >= 0.3 is 6.18 Å². The lowest BCUT2D eigenvalue weighted by atomic mass is 9.96. The molecule has 3 aromatic heterocycles. The van der Waals surface area contributed by atoms with Crippen LogP contribution in [0.1, 0.15) is 47.4 Å². The fourth-order valence-corrected chi connectivity index (χ4v) is 5.79. The van der Waals surface area contributed by atoms with E-state index in [1.807, 2.05) is 29.3 Å². The van der Waals surface area contributed by atoms with E-state index in [2.05, 4.69) is 46.7 Å². The molecule has 0 bridgehead atoms. The third-order valence-electron chi connectivity index (χ3n) is 7.85. The number of benzene rings is 2. The second kappa shape index (κ2) is 10.1. The standard InChI is InChI=1S/C31H30F3N5O/c1-3-19-6-5-7-20(4-2)29(19)39-30(24-10-8-21(18-40)28-23(24)12-14-35-28)25-17-38(15-13-26(25)37-39)27-11-9-22(16-36-27)31(32,33)34/h5-12,14,16,35,40H,3-4,13,15,17-18H2,1-2H3. The minimum Gasteiger partial charge on any atom is -0.392 e. The summed E-state index contributed by atoms with van der Waals surface area (Å²) >= 11 is 0. The molecule has 1 aliphatic heterocycles. The van der Waals surface area contributed by atoms with Gasteiger partial charge < -0.3 is 15.0 Å². The molecule has 4 heterocycles. The Morgan fingerprint density at radius 2 is 1.75 bits per heavy atom. The van der Waals surface area contributed by atoms with Crippen LogP contribution in [0, 0.1) is 0 Å². The van der Waals surface area contributed by atoms with Gasteiger partial charge in [-0.3, -0.25) is 0 Å². The van der Waals surface area contributed by atoms with E-state index >= 15 is 0 Å². The lowest BCUT2D eigenvalue weighted by Crippen LogP contribution is -2.31. The summed E-state index contributed by atoms with van der Waals surface area (Å²) in [6.45, 7) is 5.26. The van der Waals surface area contributed by atoms with Gasteiger partial charge in [-0.05, 0) is 42.2 Å². The molecule has 0 unspecified atom stereocenters. The van der Waals surface area contributed by atoms with Crippen LogP contribution in [0.15, 0.2) is 60.9 Å². The Balaban J connectivity index is 1.55. The SMILES string of the molecule is CCc1cccc(CC)c1-n1nc2c(c1-c1ccc(CO)c3[nH]ccc13)CN(c1ccc(C(F)(F)F)cn1)CC2. The Kier molecular flexibility index (Phi) is 6.62. The first-order valence-electron chi connectivity index (χ1n) is 13.5. The molecule has 0 aliphatic carbocycles. The van der Waals surface area contributed by atoms with Crippen LogP contribution in [0.4, 0.5) is 19.0 Å². The number of fused-ring (bicyclic) bond motifs is 2. The molecule has 6 nitrogen and oxygen atoms in total. The summed E-state index contributed by atoms with van der Waals surface area (Å²) in [7, 11) is 0. The van der Waals surface area contributed by atoms with Crippen LogP contribution < -0.4 is 4.90 Å². The second-order valence-electron chi connectivity index (χ2n) is 10.1. The van der Waals surface area contributed by atoms with Crippen LogP contribution in [-0.2, 0) is 38.6 Å². The first kappa shape index (κ1) is 26.1. The molecule has 0 saturated carbocycles. The molecular formula is C31H30F3N5O. The predicted molar refractivity (Wildman–Crippen MR) is 150 cm³/mol. The van der Waals surface area contributed by atoms with Crippen molar-refractivity contribution >= 4 is 16.7 Å². The van der Waals surface area contributed by atoms with Crippen molar-refractivity contribution in [2.45, 2.75) is 52.4 Å². The van der Waals surface area contributed by atoms with E-state index in [1.165, 1.54) is 17.2 Å². The molecule has 5 aromatic rings. The summed E-state index contributed by atoms with van der Waals surface area (Å²) in [6.07, 6.45) is 0.670. The Labute approximate surface area is 230 Å². The van der Waals surface area contributed by atoms with E-state index in [9.17, 15) is 18.3 Å². The number of nitrogens with zero attached hydrogens (tertiary/aromatic N) is 4. The maximum absolute atomic E-state index is 13.2. The number of hydrogen-bond acceptors (Lipinski definition) is 4. The molecule has 0 radical (unpaired) electrons. The van der Waals surface area contributed by atoms with Gasteiger partial charge in [-0.2, -0.15) is 18.3 Å². The van der Waals surface area contributed by atoms with Crippen molar-refractivity contribution in [1.29, 1.82) is 0 Å². The van der Waals surface area contributed by atoms with Crippen molar-refractivity contribution in [3.05, 3.63) is 94.4 Å². The molecule has 0 amide bonds. The van der Waals surface area contributed by atoms with Crippen LogP contribution in [0.25, 0.3) is 27.8 Å². The van der Waals surface area contributed by atoms with Crippen LogP contribution in [0.2, 0.25) is 0 Å². The largest absolute Gasteiger partial charge is 0.417 e. The number of rotatable bonds is 6. The maximum Gasteiger partial charge on any atom is 0.417 e. The number of aliphatic hydroxyl groups is 1. The number of alkyl halides is 3. The average Bonchev–Trinajstić information content (AvgIpc) is 3.61. The molecule has 0 atom stereocenters. The third kappa shape index (κ3) is 4.34. The van der Waals surface area contributed by atoms with Gasteiger partial charge in [0.05, 0.1) is 34.8 Å². The number of aromatic nitrogens is 4. The summed E-state index contributed by atoms with van der Waals surface area (Å²) in [5, 5.41) is 16.1. The summed E-state index contributed by atoms with van der Waals surface area (Å²) in [6, 6.07) is 14.9. The van der Waals surface area contributed by atoms with Crippen LogP contribution in [-0.4, -0.2) is 31.4 Å². The van der Waals surface area contributed by atoms with Crippen molar-refractivity contribution in [2.75, 3.05) is 11.4 Å². The molecule has 40 heavy (non-hydrogen) atoms. The highest BCUT2D eigenvalue weighted by atomic mass is 19.4. The number of H-pyrrole nitrogens is 1. The summed E-state index contributed by atoms with van der Waals surface area (Å²) in [5.41, 5.74) is 8.32. The van der Waals surface area contributed by atoms with Gasteiger partial charge in [0.2, 0.25) is 0 Å². The normalized spacial score (nSPS) is 13.7. The van der Waals surface area contributed by atoms with E-state index < -0.39 is 11.7 Å². The van der Waals surface area contributed by atoms with Gasteiger partial charge in [0.15, 0.2) is 0 Å². The number of pyridine rings is 1. The van der Waals surface area contributed by atoms with Crippen molar-refractivity contribution in [3.63, 3.8) is 0 Å². The fraction of sp³-hybridized carbons (Fsp3) is 0.290. The second-order valence-corrected chi connectivity index (χ2v) is 10.1. The smallest absolute Gasteiger partial charge is 0.392 e. The zero-order valence-corrected chi connectivity index (χ0v) is 22.4. The molecule has 0 fully saturated rings. The zero-order valence-electron chi connectivity index (χ0n) is 22.4. The highest BCUT2D eigenvalue weighted by Crippen LogP contribution is 2.40. The van der Waals surface area contributed by atoms with Crippen molar-refractivity contribution in [2.24, 2.45) is 0 Å². The van der Waals surface area contributed by atoms with Gasteiger partial charge in [0, 0.05) is 54.0 Å². The van der Waals surface area contributed by atoms with Gasteiger partial charge in [0.25, 0.3) is 0 Å². The number of nitrogens with one attached hydrogen (secondary N) is 1. The third-order valence-corrected chi connectivity index (χ3v) is 7.85. The highest BCUT2D eigenvalue weighted by molar-refractivity contribution is 5.97. The van der Waals surface area contributed by atoms with Gasteiger partial charge in [-0.25, -0.2) is 9.67 Å². The predicted octanol–water partition coefficient (Wildman–Crippen LogP) is 6.61. The number of hydrogen-bond donors (Lipinski definition) is 2. The van der Waals surface area contributed by atoms with Gasteiger partial charge in [-0.1, -0.05) is 44.2 Å². The van der Waals surface area contributed by atoms with Crippen molar-refractivity contribution < 1.29 is 18.3 Å². The average molecular weight is 546 g/mol. The molecule has 2 aromatic carbocycles. The minimum absolute atomic E-state index is 0.0827. The number of halogens is 3. The highest BCUT2D eigenvalue weighted by Gasteiger charge is 2.32. The van der Waals surface area contributed by atoms with Crippen LogP contribution in [0.5, 0.6) is 0 Å². The lowest BCUT2D eigenvalue weighted by molar-refractivity contribution is -0.137. The quantitative estimate of drug-likeness (QED) is 0.252. The number of aliphatic hydroxyl groups excluding tert-OH is 1. The molecule has 0 spiro atoms. The van der Waals surface area contributed by atoms with Crippen molar-refractivity contribution in [3.8, 4) is 16.9 Å². The topological polar surface area (TPSA) is 70.0 Å².